The number of para-hydroxylation sites is 1. The smallest absolute Gasteiger partial charge is 0.270 e. The minimum Gasteiger partial charge on any atom is -0.504 e. The van der Waals surface area contributed by atoms with Crippen molar-refractivity contribution in [2.75, 3.05) is 11.5 Å². The summed E-state index contributed by atoms with van der Waals surface area (Å²) >= 11 is 12.7. The quantitative estimate of drug-likeness (QED) is 0.596. The molecule has 0 bridgehead atoms. The fourth-order valence-corrected chi connectivity index (χ4v) is 3.86. The number of hydrogen-bond donors (Lipinski definition) is 1. The van der Waals surface area contributed by atoms with Gasteiger partial charge in [0.1, 0.15) is 0 Å². The van der Waals surface area contributed by atoms with E-state index in [1.807, 2.05) is 6.92 Å². The van der Waals surface area contributed by atoms with Gasteiger partial charge in [0.2, 0.25) is 0 Å². The summed E-state index contributed by atoms with van der Waals surface area (Å²) in [5.74, 6) is 0.203. The van der Waals surface area contributed by atoms with Gasteiger partial charge in [-0.25, -0.2) is 0 Å². The highest BCUT2D eigenvalue weighted by Gasteiger charge is 2.34. The average molecular weight is 392 g/mol. The molecule has 1 heterocycles. The van der Waals surface area contributed by atoms with Crippen LogP contribution < -0.4 is 9.64 Å². The molecule has 3 rings (SSSR count). The van der Waals surface area contributed by atoms with E-state index in [1.54, 1.807) is 42.5 Å². The van der Waals surface area contributed by atoms with Crippen molar-refractivity contribution in [2.24, 2.45) is 0 Å². The molecule has 7 heteroatoms. The van der Waals surface area contributed by atoms with E-state index in [4.69, 9.17) is 28.6 Å². The summed E-state index contributed by atoms with van der Waals surface area (Å²) < 4.78 is 5.80. The lowest BCUT2D eigenvalue weighted by Gasteiger charge is -2.15. The number of benzene rings is 2. The SMILES string of the molecule is CCOc1cc(/C=C2\SC(=S)N(c3ccccc3Cl)C2=O)ccc1O. The van der Waals surface area contributed by atoms with Gasteiger partial charge in [-0.05, 0) is 42.8 Å². The van der Waals surface area contributed by atoms with Crippen LogP contribution in [0.15, 0.2) is 47.4 Å². The summed E-state index contributed by atoms with van der Waals surface area (Å²) in [7, 11) is 0. The molecule has 1 aliphatic rings. The van der Waals surface area contributed by atoms with Crippen molar-refractivity contribution < 1.29 is 14.6 Å². The first-order chi connectivity index (χ1) is 12.0. The molecular weight excluding hydrogens is 378 g/mol. The summed E-state index contributed by atoms with van der Waals surface area (Å²) in [5, 5.41) is 10.2. The summed E-state index contributed by atoms with van der Waals surface area (Å²) in [4.78, 5) is 14.7. The maximum Gasteiger partial charge on any atom is 0.270 e. The number of hydrogen-bond acceptors (Lipinski definition) is 5. The van der Waals surface area contributed by atoms with Crippen molar-refractivity contribution in [1.82, 2.24) is 0 Å². The summed E-state index contributed by atoms with van der Waals surface area (Å²) in [6.45, 7) is 2.27. The van der Waals surface area contributed by atoms with Crippen LogP contribution in [-0.2, 0) is 4.79 Å². The van der Waals surface area contributed by atoms with Gasteiger partial charge in [0.25, 0.3) is 5.91 Å². The average Bonchev–Trinajstić information content (AvgIpc) is 2.85. The lowest BCUT2D eigenvalue weighted by molar-refractivity contribution is -0.113. The van der Waals surface area contributed by atoms with Gasteiger partial charge in [-0.15, -0.1) is 0 Å². The molecule has 1 N–H and O–H groups in total. The van der Waals surface area contributed by atoms with Crippen molar-refractivity contribution in [3.05, 3.63) is 58.0 Å². The number of halogens is 1. The van der Waals surface area contributed by atoms with Crippen LogP contribution in [0.2, 0.25) is 5.02 Å². The first-order valence-corrected chi connectivity index (χ1v) is 9.10. The summed E-state index contributed by atoms with van der Waals surface area (Å²) in [6.07, 6.45) is 1.72. The van der Waals surface area contributed by atoms with E-state index in [9.17, 15) is 9.90 Å². The Balaban J connectivity index is 1.93. The number of anilines is 1. The molecule has 128 valence electrons. The zero-order valence-corrected chi connectivity index (χ0v) is 15.6. The Morgan fingerprint density at radius 1 is 1.32 bits per heavy atom. The van der Waals surface area contributed by atoms with E-state index >= 15 is 0 Å². The standard InChI is InChI=1S/C18H14ClNO3S2/c1-2-23-15-9-11(7-8-14(15)21)10-16-17(22)20(18(24)25-16)13-6-4-3-5-12(13)19/h3-10,21H,2H2,1H3/b16-10-. The van der Waals surface area contributed by atoms with Crippen LogP contribution in [0.1, 0.15) is 12.5 Å². The van der Waals surface area contributed by atoms with Crippen LogP contribution in [0.5, 0.6) is 11.5 Å². The van der Waals surface area contributed by atoms with Crippen LogP contribution in [0.25, 0.3) is 6.08 Å². The fraction of sp³-hybridized carbons (Fsp3) is 0.111. The van der Waals surface area contributed by atoms with Crippen molar-refractivity contribution in [3.8, 4) is 11.5 Å². The Labute approximate surface area is 160 Å². The Bertz CT molecular complexity index is 882. The van der Waals surface area contributed by atoms with Gasteiger partial charge in [0, 0.05) is 0 Å². The van der Waals surface area contributed by atoms with Gasteiger partial charge < -0.3 is 9.84 Å². The predicted octanol–water partition coefficient (Wildman–Crippen LogP) is 4.85. The first-order valence-electron chi connectivity index (χ1n) is 7.49. The molecule has 0 saturated carbocycles. The number of nitrogens with zero attached hydrogens (tertiary/aromatic N) is 1. The van der Waals surface area contributed by atoms with Crippen LogP contribution in [0, 0.1) is 0 Å². The van der Waals surface area contributed by atoms with Crippen molar-refractivity contribution >= 4 is 57.6 Å². The zero-order chi connectivity index (χ0) is 18.0. The second-order valence-corrected chi connectivity index (χ2v) is 7.21. The number of thioether (sulfide) groups is 1. The van der Waals surface area contributed by atoms with E-state index in [-0.39, 0.29) is 11.7 Å². The van der Waals surface area contributed by atoms with Crippen molar-refractivity contribution in [2.45, 2.75) is 6.92 Å². The second-order valence-electron chi connectivity index (χ2n) is 5.13. The molecule has 1 saturated heterocycles. The monoisotopic (exact) mass is 391 g/mol. The van der Waals surface area contributed by atoms with Gasteiger partial charge in [0.05, 0.1) is 22.2 Å². The molecule has 2 aromatic carbocycles. The second kappa shape index (κ2) is 7.47. The Morgan fingerprint density at radius 3 is 2.80 bits per heavy atom. The lowest BCUT2D eigenvalue weighted by atomic mass is 10.2. The molecule has 4 nitrogen and oxygen atoms in total. The fourth-order valence-electron chi connectivity index (χ4n) is 2.35. The predicted molar refractivity (Wildman–Crippen MR) is 106 cm³/mol. The van der Waals surface area contributed by atoms with E-state index < -0.39 is 0 Å². The maximum absolute atomic E-state index is 12.8. The number of ether oxygens (including phenoxy) is 1. The number of aromatic hydroxyl groups is 1. The van der Waals surface area contributed by atoms with Gasteiger partial charge in [0.15, 0.2) is 15.8 Å². The number of thiocarbonyl (C=S) groups is 1. The van der Waals surface area contributed by atoms with E-state index in [1.165, 1.54) is 22.7 Å². The van der Waals surface area contributed by atoms with E-state index in [0.29, 0.717) is 32.3 Å². The molecule has 0 radical (unpaired) electrons. The largest absolute Gasteiger partial charge is 0.504 e. The van der Waals surface area contributed by atoms with Crippen LogP contribution in [0.3, 0.4) is 0 Å². The summed E-state index contributed by atoms with van der Waals surface area (Å²) in [5.41, 5.74) is 1.30. The molecule has 2 aromatic rings. The molecule has 0 aromatic heterocycles. The minimum absolute atomic E-state index is 0.0580. The van der Waals surface area contributed by atoms with Gasteiger partial charge in [-0.2, -0.15) is 0 Å². The number of phenols is 1. The molecule has 1 fully saturated rings. The highest BCUT2D eigenvalue weighted by atomic mass is 35.5. The Kier molecular flexibility index (Phi) is 5.32. The molecule has 0 atom stereocenters. The Hall–Kier alpha value is -2.02. The normalized spacial score (nSPS) is 15.9. The number of amides is 1. The highest BCUT2D eigenvalue weighted by Crippen LogP contribution is 2.39. The third-order valence-corrected chi connectivity index (χ3v) is 5.09. The molecule has 25 heavy (non-hydrogen) atoms. The van der Waals surface area contributed by atoms with Crippen molar-refractivity contribution in [3.63, 3.8) is 0 Å². The highest BCUT2D eigenvalue weighted by molar-refractivity contribution is 8.27. The van der Waals surface area contributed by atoms with E-state index in [0.717, 1.165) is 5.56 Å². The lowest BCUT2D eigenvalue weighted by Crippen LogP contribution is -2.27. The van der Waals surface area contributed by atoms with Gasteiger partial charge in [-0.3, -0.25) is 9.69 Å². The maximum atomic E-state index is 12.8. The molecule has 0 spiro atoms. The van der Waals surface area contributed by atoms with Gasteiger partial charge in [-0.1, -0.05) is 53.8 Å². The number of carbonyl (C=O) groups excluding carboxylic acids is 1. The molecule has 1 aliphatic heterocycles. The van der Waals surface area contributed by atoms with Crippen LogP contribution in [-0.4, -0.2) is 21.9 Å². The molecule has 0 unspecified atom stereocenters. The third-order valence-electron chi connectivity index (χ3n) is 3.47. The molecule has 1 amide bonds. The molecule has 0 aliphatic carbocycles. The topological polar surface area (TPSA) is 49.8 Å². The van der Waals surface area contributed by atoms with Crippen LogP contribution in [0.4, 0.5) is 5.69 Å². The third kappa shape index (κ3) is 3.66. The Morgan fingerprint density at radius 2 is 2.08 bits per heavy atom. The number of rotatable bonds is 4. The minimum atomic E-state index is -0.228. The number of phenolic OH excluding ortho intramolecular Hbond substituents is 1. The summed E-state index contributed by atoms with van der Waals surface area (Å²) in [6, 6.07) is 12.0. The first kappa shape index (κ1) is 17.8. The zero-order valence-electron chi connectivity index (χ0n) is 13.2. The van der Waals surface area contributed by atoms with Crippen molar-refractivity contribution in [1.29, 1.82) is 0 Å². The van der Waals surface area contributed by atoms with E-state index in [2.05, 4.69) is 0 Å². The van der Waals surface area contributed by atoms with Crippen LogP contribution >= 0.6 is 35.6 Å². The number of carbonyl (C=O) groups is 1. The molecular formula is C18H14ClNO3S2. The van der Waals surface area contributed by atoms with Gasteiger partial charge >= 0.3 is 0 Å².